The fourth-order valence-corrected chi connectivity index (χ4v) is 5.64. The van der Waals surface area contributed by atoms with Gasteiger partial charge in [-0.1, -0.05) is 12.8 Å². The molecule has 10 heteroatoms. The Morgan fingerprint density at radius 2 is 1.81 bits per heavy atom. The van der Waals surface area contributed by atoms with E-state index in [0.29, 0.717) is 12.1 Å². The van der Waals surface area contributed by atoms with E-state index in [1.165, 1.54) is 0 Å². The molecule has 2 unspecified atom stereocenters. The second kappa shape index (κ2) is 6.59. The van der Waals surface area contributed by atoms with E-state index in [4.69, 9.17) is 30.7 Å². The first kappa shape index (κ1) is 19.0. The Kier molecular flexibility index (Phi) is 5.95. The first-order chi connectivity index (χ1) is 9.38. The molecular weight excluding hydrogens is 318 g/mol. The molecule has 8 nitrogen and oxygen atoms in total. The van der Waals surface area contributed by atoms with E-state index < -0.39 is 26.1 Å². The van der Waals surface area contributed by atoms with Crippen LogP contribution in [-0.4, -0.2) is 36.2 Å². The van der Waals surface area contributed by atoms with E-state index in [9.17, 15) is 9.13 Å². The maximum atomic E-state index is 11.3. The SMILES string of the molecule is CC(=N)C1CCCCC1(N)CCC(P(=O)(O)O)P(=O)(O)O. The monoisotopic (exact) mass is 342 g/mol. The molecule has 0 aliphatic heterocycles. The summed E-state index contributed by atoms with van der Waals surface area (Å²) in [5, 5.41) is 5.77. The molecule has 0 bridgehead atoms. The van der Waals surface area contributed by atoms with Crippen molar-refractivity contribution in [3.05, 3.63) is 0 Å². The zero-order valence-corrected chi connectivity index (χ0v) is 13.8. The predicted octanol–water partition coefficient (Wildman–Crippen LogP) is 1.38. The van der Waals surface area contributed by atoms with Gasteiger partial charge < -0.3 is 30.7 Å². The quantitative estimate of drug-likeness (QED) is 0.313. The van der Waals surface area contributed by atoms with Crippen molar-refractivity contribution in [1.82, 2.24) is 0 Å². The fraction of sp³-hybridized carbons (Fsp3) is 0.909. The van der Waals surface area contributed by atoms with Gasteiger partial charge in [0.1, 0.15) is 0 Å². The van der Waals surface area contributed by atoms with Gasteiger partial charge in [0.15, 0.2) is 5.40 Å². The lowest BCUT2D eigenvalue weighted by atomic mass is 9.69. The average molecular weight is 342 g/mol. The summed E-state index contributed by atoms with van der Waals surface area (Å²) in [5.74, 6) is -0.208. The highest BCUT2D eigenvalue weighted by Crippen LogP contribution is 2.62. The number of hydrogen-bond donors (Lipinski definition) is 6. The summed E-state index contributed by atoms with van der Waals surface area (Å²) >= 11 is 0. The molecule has 1 saturated carbocycles. The van der Waals surface area contributed by atoms with Gasteiger partial charge in [-0.15, -0.1) is 0 Å². The van der Waals surface area contributed by atoms with Crippen molar-refractivity contribution in [1.29, 1.82) is 5.41 Å². The van der Waals surface area contributed by atoms with Crippen molar-refractivity contribution >= 4 is 20.9 Å². The Morgan fingerprint density at radius 1 is 1.29 bits per heavy atom. The maximum absolute atomic E-state index is 11.3. The highest BCUT2D eigenvalue weighted by molar-refractivity contribution is 7.70. The van der Waals surface area contributed by atoms with Crippen molar-refractivity contribution in [3.63, 3.8) is 0 Å². The highest BCUT2D eigenvalue weighted by Gasteiger charge is 2.46. The standard InChI is InChI=1S/C11H24N2O6P2/c1-8(12)9-4-2-3-6-11(9,13)7-5-10(20(14,15)16)21(17,18)19/h9-10,12H,2-7,13H2,1H3,(H2,14,15,16)(H2,17,18,19). The third kappa shape index (κ3) is 4.96. The van der Waals surface area contributed by atoms with Crippen molar-refractivity contribution in [3.8, 4) is 0 Å². The summed E-state index contributed by atoms with van der Waals surface area (Å²) in [4.78, 5) is 36.5. The van der Waals surface area contributed by atoms with E-state index in [-0.39, 0.29) is 18.8 Å². The summed E-state index contributed by atoms with van der Waals surface area (Å²) in [6, 6.07) is 0. The van der Waals surface area contributed by atoms with Crippen molar-refractivity contribution in [2.75, 3.05) is 0 Å². The average Bonchev–Trinajstić information content (AvgIpc) is 2.25. The molecule has 1 rings (SSSR count). The van der Waals surface area contributed by atoms with Crippen LogP contribution < -0.4 is 5.73 Å². The van der Waals surface area contributed by atoms with Crippen LogP contribution >= 0.6 is 15.2 Å². The molecule has 0 amide bonds. The molecule has 7 N–H and O–H groups in total. The summed E-state index contributed by atoms with van der Waals surface area (Å²) in [7, 11) is -9.82. The van der Waals surface area contributed by atoms with Crippen molar-refractivity contribution < 1.29 is 28.7 Å². The largest absolute Gasteiger partial charge is 0.340 e. The lowest BCUT2D eigenvalue weighted by molar-refractivity contribution is 0.221. The Morgan fingerprint density at radius 3 is 2.24 bits per heavy atom. The summed E-state index contributed by atoms with van der Waals surface area (Å²) < 4.78 is 22.6. The van der Waals surface area contributed by atoms with Crippen LogP contribution in [0.5, 0.6) is 0 Å². The summed E-state index contributed by atoms with van der Waals surface area (Å²) in [6.45, 7) is 1.64. The maximum Gasteiger partial charge on any atom is 0.340 e. The van der Waals surface area contributed by atoms with E-state index in [2.05, 4.69) is 0 Å². The Bertz CT molecular complexity index is 465. The molecule has 0 spiro atoms. The minimum atomic E-state index is -4.91. The second-order valence-electron chi connectivity index (χ2n) is 5.91. The summed E-state index contributed by atoms with van der Waals surface area (Å²) in [6.07, 6.45) is 2.81. The molecule has 21 heavy (non-hydrogen) atoms. The van der Waals surface area contributed by atoms with Crippen molar-refractivity contribution in [2.24, 2.45) is 11.7 Å². The first-order valence-corrected chi connectivity index (χ1v) is 10.2. The van der Waals surface area contributed by atoms with Gasteiger partial charge in [-0.05, 0) is 32.6 Å². The van der Waals surface area contributed by atoms with Crippen LogP contribution in [0.1, 0.15) is 45.4 Å². The third-order valence-corrected chi connectivity index (χ3v) is 8.12. The molecule has 2 atom stereocenters. The normalized spacial score (nSPS) is 27.9. The van der Waals surface area contributed by atoms with Gasteiger partial charge in [-0.3, -0.25) is 9.13 Å². The van der Waals surface area contributed by atoms with Crippen molar-refractivity contribution in [2.45, 2.75) is 56.4 Å². The third-order valence-electron chi connectivity index (χ3n) is 4.25. The number of nitrogens with two attached hydrogens (primary N) is 1. The topological polar surface area (TPSA) is 165 Å². The molecular formula is C11H24N2O6P2. The zero-order valence-electron chi connectivity index (χ0n) is 12.0. The van der Waals surface area contributed by atoms with Crippen LogP contribution in [0.3, 0.4) is 0 Å². The van der Waals surface area contributed by atoms with Gasteiger partial charge in [0, 0.05) is 17.2 Å². The predicted molar refractivity (Wildman–Crippen MR) is 79.4 cm³/mol. The van der Waals surface area contributed by atoms with E-state index >= 15 is 0 Å². The number of hydrogen-bond acceptors (Lipinski definition) is 4. The van der Waals surface area contributed by atoms with Crippen LogP contribution in [0, 0.1) is 11.3 Å². The molecule has 124 valence electrons. The molecule has 1 aliphatic rings. The van der Waals surface area contributed by atoms with Crippen LogP contribution in [0.25, 0.3) is 0 Å². The van der Waals surface area contributed by atoms with E-state index in [1.54, 1.807) is 6.92 Å². The minimum Gasteiger partial charge on any atom is -0.325 e. The van der Waals surface area contributed by atoms with Gasteiger partial charge in [-0.25, -0.2) is 0 Å². The first-order valence-electron chi connectivity index (χ1n) is 6.82. The Balaban J connectivity index is 2.90. The lowest BCUT2D eigenvalue weighted by Crippen LogP contribution is -2.52. The summed E-state index contributed by atoms with van der Waals surface area (Å²) in [5.41, 5.74) is 5.87. The number of rotatable bonds is 6. The lowest BCUT2D eigenvalue weighted by Gasteiger charge is -2.42. The molecule has 1 aliphatic carbocycles. The Labute approximate surface area is 124 Å². The number of nitrogens with one attached hydrogen (secondary N) is 1. The van der Waals surface area contributed by atoms with Crippen LogP contribution in [0.15, 0.2) is 0 Å². The van der Waals surface area contributed by atoms with Gasteiger partial charge in [-0.2, -0.15) is 0 Å². The fourth-order valence-electron chi connectivity index (χ4n) is 3.14. The minimum absolute atomic E-state index is 0.0781. The molecule has 0 aromatic carbocycles. The smallest absolute Gasteiger partial charge is 0.325 e. The Hall–Kier alpha value is -0.0700. The molecule has 0 radical (unpaired) electrons. The molecule has 0 aromatic rings. The molecule has 0 heterocycles. The van der Waals surface area contributed by atoms with Crippen LogP contribution in [0.2, 0.25) is 0 Å². The second-order valence-corrected chi connectivity index (χ2v) is 9.92. The van der Waals surface area contributed by atoms with E-state index in [1.807, 2.05) is 0 Å². The highest BCUT2D eigenvalue weighted by atomic mass is 31.2. The molecule has 1 fully saturated rings. The van der Waals surface area contributed by atoms with Crippen LogP contribution in [0.4, 0.5) is 0 Å². The van der Waals surface area contributed by atoms with Gasteiger partial charge >= 0.3 is 15.2 Å². The zero-order chi connectivity index (χ0) is 16.5. The molecule has 0 saturated heterocycles. The van der Waals surface area contributed by atoms with Gasteiger partial charge in [0.05, 0.1) is 0 Å². The molecule has 0 aromatic heterocycles. The van der Waals surface area contributed by atoms with Gasteiger partial charge in [0.25, 0.3) is 0 Å². The van der Waals surface area contributed by atoms with Crippen LogP contribution in [-0.2, 0) is 9.13 Å². The van der Waals surface area contributed by atoms with Gasteiger partial charge in [0.2, 0.25) is 0 Å². The van der Waals surface area contributed by atoms with E-state index in [0.717, 1.165) is 19.3 Å².